The number of thioether (sulfide) groups is 1. The zero-order chi connectivity index (χ0) is 17.5. The Hall–Kier alpha value is -2.29. The molecule has 0 unspecified atom stereocenters. The van der Waals surface area contributed by atoms with Crippen LogP contribution in [0.5, 0.6) is 5.75 Å². The van der Waals surface area contributed by atoms with E-state index in [0.717, 1.165) is 0 Å². The molecule has 1 amide bonds. The van der Waals surface area contributed by atoms with Crippen LogP contribution in [0.4, 0.5) is 17.6 Å². The van der Waals surface area contributed by atoms with E-state index in [1.165, 1.54) is 42.6 Å². The minimum absolute atomic E-state index is 0.00274. The van der Waals surface area contributed by atoms with E-state index in [4.69, 9.17) is 0 Å². The number of amides is 1. The highest BCUT2D eigenvalue weighted by Gasteiger charge is 2.16. The van der Waals surface area contributed by atoms with Crippen molar-refractivity contribution >= 4 is 17.7 Å². The van der Waals surface area contributed by atoms with E-state index in [-0.39, 0.29) is 34.6 Å². The first-order chi connectivity index (χ1) is 11.5. The summed E-state index contributed by atoms with van der Waals surface area (Å²) in [6.07, 6.45) is 1.32. The lowest BCUT2D eigenvalue weighted by Gasteiger charge is -2.09. The normalized spacial score (nSPS) is 10.9. The highest BCUT2D eigenvalue weighted by atomic mass is 32.2. The molecule has 0 atom stereocenters. The number of aromatic nitrogens is 1. The van der Waals surface area contributed by atoms with Gasteiger partial charge in [0.1, 0.15) is 10.8 Å². The number of carbonyl (C=O) groups is 1. The number of pyridine rings is 1. The first-order valence-electron chi connectivity index (χ1n) is 6.67. The van der Waals surface area contributed by atoms with Gasteiger partial charge in [0.25, 0.3) is 11.7 Å². The monoisotopic (exact) mass is 360 g/mol. The second-order valence-electron chi connectivity index (χ2n) is 4.44. The second-order valence-corrected chi connectivity index (χ2v) is 5.42. The van der Waals surface area contributed by atoms with Crippen LogP contribution in [0, 0.1) is 0 Å². The molecule has 1 aromatic heterocycles. The van der Waals surface area contributed by atoms with Crippen LogP contribution >= 0.6 is 11.8 Å². The molecule has 0 bridgehead atoms. The van der Waals surface area contributed by atoms with E-state index in [0.29, 0.717) is 5.56 Å². The molecule has 4 nitrogen and oxygen atoms in total. The quantitative estimate of drug-likeness (QED) is 0.601. The highest BCUT2D eigenvalue weighted by molar-refractivity contribution is 7.99. The number of carbonyl (C=O) groups excluding carboxylic acids is 1. The standard InChI is InChI=1S/C15H12F4N2O2S/c16-14(17)23-10-5-3-9(4-6-10)8-21-12(22)11-2-1-7-20-13(11)24-15(18)19/h1-7,14-15H,8H2,(H,21,22). The molecule has 0 aliphatic rings. The zero-order valence-corrected chi connectivity index (χ0v) is 12.9. The number of hydrogen-bond acceptors (Lipinski definition) is 4. The molecular formula is C15H12F4N2O2S. The van der Waals surface area contributed by atoms with Crippen LogP contribution in [0.25, 0.3) is 0 Å². The third-order valence-corrected chi connectivity index (χ3v) is 3.54. The van der Waals surface area contributed by atoms with Crippen LogP contribution in [0.3, 0.4) is 0 Å². The van der Waals surface area contributed by atoms with Crippen molar-refractivity contribution < 1.29 is 27.1 Å². The molecule has 128 valence electrons. The molecule has 0 aliphatic carbocycles. The minimum Gasteiger partial charge on any atom is -0.435 e. The average Bonchev–Trinajstić information content (AvgIpc) is 2.53. The summed E-state index contributed by atoms with van der Waals surface area (Å²) in [5.74, 6) is -3.24. The number of ether oxygens (including phenoxy) is 1. The molecular weight excluding hydrogens is 348 g/mol. The number of alkyl halides is 4. The van der Waals surface area contributed by atoms with E-state index < -0.39 is 18.3 Å². The van der Waals surface area contributed by atoms with Gasteiger partial charge in [-0.05, 0) is 41.6 Å². The van der Waals surface area contributed by atoms with E-state index in [2.05, 4.69) is 15.0 Å². The van der Waals surface area contributed by atoms with Crippen LogP contribution in [-0.4, -0.2) is 23.3 Å². The molecule has 1 heterocycles. The van der Waals surface area contributed by atoms with Crippen molar-refractivity contribution in [1.82, 2.24) is 10.3 Å². The van der Waals surface area contributed by atoms with Gasteiger partial charge in [-0.3, -0.25) is 4.79 Å². The Morgan fingerprint density at radius 3 is 2.50 bits per heavy atom. The van der Waals surface area contributed by atoms with Crippen molar-refractivity contribution in [1.29, 1.82) is 0 Å². The van der Waals surface area contributed by atoms with Crippen molar-refractivity contribution in [2.24, 2.45) is 0 Å². The van der Waals surface area contributed by atoms with E-state index >= 15 is 0 Å². The van der Waals surface area contributed by atoms with E-state index in [1.54, 1.807) is 0 Å². The Bertz CT molecular complexity index is 683. The SMILES string of the molecule is O=C(NCc1ccc(OC(F)F)cc1)c1cccnc1SC(F)F. The van der Waals surface area contributed by atoms with Crippen molar-refractivity contribution in [2.45, 2.75) is 23.9 Å². The third kappa shape index (κ3) is 5.41. The average molecular weight is 360 g/mol. The van der Waals surface area contributed by atoms with Gasteiger partial charge < -0.3 is 10.1 Å². The van der Waals surface area contributed by atoms with Crippen molar-refractivity contribution in [3.05, 3.63) is 53.7 Å². The van der Waals surface area contributed by atoms with E-state index in [1.807, 2.05) is 0 Å². The molecule has 0 radical (unpaired) electrons. The summed E-state index contributed by atoms with van der Waals surface area (Å²) in [6.45, 7) is -2.81. The van der Waals surface area contributed by atoms with Gasteiger partial charge in [0, 0.05) is 12.7 Å². The van der Waals surface area contributed by atoms with Crippen LogP contribution in [0.2, 0.25) is 0 Å². The predicted molar refractivity (Wildman–Crippen MR) is 80.3 cm³/mol. The van der Waals surface area contributed by atoms with Gasteiger partial charge in [-0.25, -0.2) is 4.98 Å². The lowest BCUT2D eigenvalue weighted by atomic mass is 10.2. The molecule has 1 N–H and O–H groups in total. The van der Waals surface area contributed by atoms with Gasteiger partial charge in [0.05, 0.1) is 5.56 Å². The van der Waals surface area contributed by atoms with Gasteiger partial charge in [-0.15, -0.1) is 0 Å². The lowest BCUT2D eigenvalue weighted by molar-refractivity contribution is -0.0498. The number of rotatable bonds is 7. The summed E-state index contributed by atoms with van der Waals surface area (Å²) in [7, 11) is 0. The highest BCUT2D eigenvalue weighted by Crippen LogP contribution is 2.26. The fourth-order valence-electron chi connectivity index (χ4n) is 1.81. The van der Waals surface area contributed by atoms with Crippen LogP contribution < -0.4 is 10.1 Å². The Kier molecular flexibility index (Phi) is 6.42. The maximum absolute atomic E-state index is 12.5. The first-order valence-corrected chi connectivity index (χ1v) is 7.55. The summed E-state index contributed by atoms with van der Waals surface area (Å²) >= 11 is 0.190. The van der Waals surface area contributed by atoms with Gasteiger partial charge in [0.15, 0.2) is 0 Å². The fraction of sp³-hybridized carbons (Fsp3) is 0.200. The topological polar surface area (TPSA) is 51.2 Å². The molecule has 0 saturated heterocycles. The summed E-state index contributed by atoms with van der Waals surface area (Å²) < 4.78 is 53.3. The smallest absolute Gasteiger partial charge is 0.387 e. The minimum atomic E-state index is -2.91. The van der Waals surface area contributed by atoms with E-state index in [9.17, 15) is 22.4 Å². The number of nitrogens with zero attached hydrogens (tertiary/aromatic N) is 1. The van der Waals surface area contributed by atoms with Gasteiger partial charge in [-0.1, -0.05) is 12.1 Å². The predicted octanol–water partition coefficient (Wildman–Crippen LogP) is 3.93. The molecule has 0 saturated carbocycles. The number of nitrogens with one attached hydrogen (secondary N) is 1. The molecule has 24 heavy (non-hydrogen) atoms. The number of hydrogen-bond donors (Lipinski definition) is 1. The molecule has 2 rings (SSSR count). The van der Waals surface area contributed by atoms with Crippen molar-refractivity contribution in [2.75, 3.05) is 0 Å². The number of benzene rings is 1. The summed E-state index contributed by atoms with van der Waals surface area (Å²) in [5, 5.41) is 2.50. The molecule has 0 aliphatic heterocycles. The molecule has 0 spiro atoms. The van der Waals surface area contributed by atoms with Crippen LogP contribution in [0.1, 0.15) is 15.9 Å². The van der Waals surface area contributed by atoms with Crippen LogP contribution in [0.15, 0.2) is 47.6 Å². The fourth-order valence-corrected chi connectivity index (χ4v) is 2.39. The zero-order valence-electron chi connectivity index (χ0n) is 12.1. The second kappa shape index (κ2) is 8.53. The number of halogens is 4. The molecule has 9 heteroatoms. The maximum Gasteiger partial charge on any atom is 0.387 e. The van der Waals surface area contributed by atoms with Crippen molar-refractivity contribution in [3.8, 4) is 5.75 Å². The maximum atomic E-state index is 12.5. The van der Waals surface area contributed by atoms with Gasteiger partial charge in [0.2, 0.25) is 0 Å². The Morgan fingerprint density at radius 1 is 1.17 bits per heavy atom. The van der Waals surface area contributed by atoms with Crippen molar-refractivity contribution in [3.63, 3.8) is 0 Å². The van der Waals surface area contributed by atoms with Gasteiger partial charge >= 0.3 is 6.61 Å². The lowest BCUT2D eigenvalue weighted by Crippen LogP contribution is -2.23. The molecule has 1 aromatic carbocycles. The third-order valence-electron chi connectivity index (χ3n) is 2.82. The first kappa shape index (κ1) is 18.1. The summed E-state index contributed by atoms with van der Waals surface area (Å²) in [6, 6.07) is 8.57. The largest absolute Gasteiger partial charge is 0.435 e. The Balaban J connectivity index is 1.98. The van der Waals surface area contributed by atoms with Crippen LogP contribution in [-0.2, 0) is 6.54 Å². The van der Waals surface area contributed by atoms with Gasteiger partial charge in [-0.2, -0.15) is 17.6 Å². The molecule has 2 aromatic rings. The Labute approximate surface area is 139 Å². The Morgan fingerprint density at radius 2 is 1.88 bits per heavy atom. The molecule has 0 fully saturated rings. The summed E-state index contributed by atoms with van der Waals surface area (Å²) in [4.78, 5) is 15.9. The summed E-state index contributed by atoms with van der Waals surface area (Å²) in [5.41, 5.74) is 0.678.